The number of hydrogen-bond donors (Lipinski definition) is 4. The number of carbonyl (C=O) groups is 1. The summed E-state index contributed by atoms with van der Waals surface area (Å²) in [6, 6.07) is 15.7. The number of aliphatic hydroxyl groups excluding tert-OH is 1. The standard InChI is InChI=1S/C19H20N2O4S/c22-12-16(20-18(23)11-6-14-4-2-1-3-5-14)13-25-17-9-7-15(8-10-17)19(26)21-24/h1-11,16,22,24H,12-13H2,(H,20,23)(H,21,26)/b11-6+/t16-/m0/s1. The van der Waals surface area contributed by atoms with E-state index in [0.717, 1.165) is 5.56 Å². The minimum Gasteiger partial charge on any atom is -0.491 e. The topological polar surface area (TPSA) is 90.8 Å². The van der Waals surface area contributed by atoms with Crippen molar-refractivity contribution in [1.29, 1.82) is 0 Å². The zero-order chi connectivity index (χ0) is 18.8. The summed E-state index contributed by atoms with van der Waals surface area (Å²) in [6.45, 7) is -0.134. The maximum atomic E-state index is 11.9. The van der Waals surface area contributed by atoms with Gasteiger partial charge in [0.1, 0.15) is 17.3 Å². The monoisotopic (exact) mass is 372 g/mol. The first-order valence-corrected chi connectivity index (χ1v) is 8.35. The Morgan fingerprint density at radius 3 is 2.46 bits per heavy atom. The molecule has 0 bridgehead atoms. The maximum Gasteiger partial charge on any atom is 0.244 e. The molecular weight excluding hydrogens is 352 g/mol. The number of hydroxylamine groups is 1. The van der Waals surface area contributed by atoms with Crippen molar-refractivity contribution in [1.82, 2.24) is 10.8 Å². The Balaban J connectivity index is 1.84. The van der Waals surface area contributed by atoms with Crippen LogP contribution in [0.3, 0.4) is 0 Å². The Labute approximate surface area is 157 Å². The number of nitrogens with one attached hydrogen (secondary N) is 2. The number of benzene rings is 2. The third kappa shape index (κ3) is 6.29. The minimum atomic E-state index is -0.539. The van der Waals surface area contributed by atoms with Gasteiger partial charge in [0.05, 0.1) is 12.6 Å². The third-order valence-corrected chi connectivity index (χ3v) is 3.79. The van der Waals surface area contributed by atoms with Gasteiger partial charge < -0.3 is 15.2 Å². The average molecular weight is 372 g/mol. The van der Waals surface area contributed by atoms with Crippen molar-refractivity contribution >= 4 is 29.2 Å². The van der Waals surface area contributed by atoms with Crippen molar-refractivity contribution in [3.05, 3.63) is 71.8 Å². The highest BCUT2D eigenvalue weighted by Crippen LogP contribution is 2.12. The Morgan fingerprint density at radius 2 is 1.85 bits per heavy atom. The summed E-state index contributed by atoms with van der Waals surface area (Å²) < 4.78 is 5.57. The molecule has 136 valence electrons. The fourth-order valence-corrected chi connectivity index (χ4v) is 2.23. The molecule has 0 aromatic heterocycles. The largest absolute Gasteiger partial charge is 0.491 e. The van der Waals surface area contributed by atoms with Crippen molar-refractivity contribution < 1.29 is 19.8 Å². The lowest BCUT2D eigenvalue weighted by molar-refractivity contribution is -0.117. The number of hydrogen-bond acceptors (Lipinski definition) is 5. The average Bonchev–Trinajstić information content (AvgIpc) is 2.70. The number of amides is 1. The second-order valence-corrected chi connectivity index (χ2v) is 5.82. The SMILES string of the molecule is O=C(/C=C/c1ccccc1)N[C@@H](CO)COc1ccc(C(=S)NO)cc1. The number of carbonyl (C=O) groups excluding carboxylic acids is 1. The molecular formula is C19H20N2O4S. The van der Waals surface area contributed by atoms with Gasteiger partial charge in [0.25, 0.3) is 0 Å². The summed E-state index contributed by atoms with van der Waals surface area (Å²) in [6.07, 6.45) is 3.11. The number of thiocarbonyl (C=S) groups is 1. The van der Waals surface area contributed by atoms with E-state index in [0.29, 0.717) is 11.3 Å². The Hall–Kier alpha value is -2.74. The molecule has 7 heteroatoms. The van der Waals surface area contributed by atoms with Gasteiger partial charge in [0.15, 0.2) is 0 Å². The van der Waals surface area contributed by atoms with Crippen LogP contribution in [-0.2, 0) is 4.79 Å². The van der Waals surface area contributed by atoms with E-state index in [4.69, 9.17) is 22.2 Å². The second kappa shape index (κ2) is 10.3. The molecule has 0 unspecified atom stereocenters. The van der Waals surface area contributed by atoms with Crippen LogP contribution in [0.1, 0.15) is 11.1 Å². The van der Waals surface area contributed by atoms with E-state index in [1.54, 1.807) is 30.3 Å². The van der Waals surface area contributed by atoms with Crippen LogP contribution in [0.5, 0.6) is 5.75 Å². The summed E-state index contributed by atoms with van der Waals surface area (Å²) in [5.74, 6) is 0.244. The van der Waals surface area contributed by atoms with Gasteiger partial charge in [-0.15, -0.1) is 0 Å². The molecule has 0 fully saturated rings. The molecule has 0 saturated heterocycles. The lowest BCUT2D eigenvalue weighted by Gasteiger charge is -2.16. The van der Waals surface area contributed by atoms with Gasteiger partial charge in [0, 0.05) is 11.6 Å². The Kier molecular flexibility index (Phi) is 7.75. The molecule has 4 N–H and O–H groups in total. The highest BCUT2D eigenvalue weighted by Gasteiger charge is 2.11. The molecule has 2 aromatic carbocycles. The van der Waals surface area contributed by atoms with Crippen LogP contribution in [0, 0.1) is 0 Å². The Morgan fingerprint density at radius 1 is 1.15 bits per heavy atom. The van der Waals surface area contributed by atoms with Crippen molar-refractivity contribution in [3.8, 4) is 5.75 Å². The molecule has 0 saturated carbocycles. The van der Waals surface area contributed by atoms with Crippen molar-refractivity contribution in [2.24, 2.45) is 0 Å². The van der Waals surface area contributed by atoms with E-state index in [1.807, 2.05) is 35.8 Å². The van der Waals surface area contributed by atoms with Crippen LogP contribution in [-0.4, -0.2) is 40.5 Å². The van der Waals surface area contributed by atoms with Crippen LogP contribution in [0.25, 0.3) is 6.08 Å². The van der Waals surface area contributed by atoms with E-state index in [-0.39, 0.29) is 24.1 Å². The fraction of sp³-hybridized carbons (Fsp3) is 0.158. The van der Waals surface area contributed by atoms with Crippen LogP contribution in [0.4, 0.5) is 0 Å². The van der Waals surface area contributed by atoms with Gasteiger partial charge in [-0.2, -0.15) is 0 Å². The molecule has 0 aliphatic heterocycles. The van der Waals surface area contributed by atoms with E-state index in [2.05, 4.69) is 5.32 Å². The van der Waals surface area contributed by atoms with Crippen molar-refractivity contribution in [3.63, 3.8) is 0 Å². The summed E-state index contributed by atoms with van der Waals surface area (Å²) >= 11 is 4.91. The molecule has 0 aliphatic rings. The maximum absolute atomic E-state index is 11.9. The van der Waals surface area contributed by atoms with Gasteiger partial charge in [-0.25, -0.2) is 0 Å². The van der Waals surface area contributed by atoms with Gasteiger partial charge in [-0.05, 0) is 35.9 Å². The quantitative estimate of drug-likeness (QED) is 0.322. The molecule has 2 rings (SSSR count). The first-order chi connectivity index (χ1) is 12.6. The Bertz CT molecular complexity index is 748. The van der Waals surface area contributed by atoms with Crippen molar-refractivity contribution in [2.45, 2.75) is 6.04 Å². The molecule has 0 aliphatic carbocycles. The lowest BCUT2D eigenvalue weighted by Crippen LogP contribution is -2.40. The van der Waals surface area contributed by atoms with E-state index in [9.17, 15) is 9.90 Å². The first-order valence-electron chi connectivity index (χ1n) is 7.94. The number of rotatable bonds is 8. The molecule has 0 heterocycles. The summed E-state index contributed by atoms with van der Waals surface area (Å²) in [4.78, 5) is 12.2. The smallest absolute Gasteiger partial charge is 0.244 e. The van der Waals surface area contributed by atoms with Crippen LogP contribution in [0.2, 0.25) is 0 Å². The fourth-order valence-electron chi connectivity index (χ4n) is 2.09. The first kappa shape index (κ1) is 19.6. The van der Waals surface area contributed by atoms with Crippen LogP contribution in [0.15, 0.2) is 60.7 Å². The zero-order valence-corrected chi connectivity index (χ0v) is 14.8. The van der Waals surface area contributed by atoms with Gasteiger partial charge in [-0.1, -0.05) is 42.5 Å². The summed E-state index contributed by atoms with van der Waals surface area (Å²) in [5, 5.41) is 20.9. The summed E-state index contributed by atoms with van der Waals surface area (Å²) in [7, 11) is 0. The molecule has 26 heavy (non-hydrogen) atoms. The number of ether oxygens (including phenoxy) is 1. The highest BCUT2D eigenvalue weighted by atomic mass is 32.1. The molecule has 0 radical (unpaired) electrons. The molecule has 2 aromatic rings. The normalized spacial score (nSPS) is 11.8. The van der Waals surface area contributed by atoms with Crippen LogP contribution >= 0.6 is 12.2 Å². The predicted molar refractivity (Wildman–Crippen MR) is 103 cm³/mol. The number of aliphatic hydroxyl groups is 1. The van der Waals surface area contributed by atoms with Crippen molar-refractivity contribution in [2.75, 3.05) is 13.2 Å². The van der Waals surface area contributed by atoms with E-state index in [1.165, 1.54) is 6.08 Å². The molecule has 6 nitrogen and oxygen atoms in total. The summed E-state index contributed by atoms with van der Waals surface area (Å²) in [5.41, 5.74) is 3.47. The zero-order valence-electron chi connectivity index (χ0n) is 14.0. The van der Waals surface area contributed by atoms with Crippen LogP contribution < -0.4 is 15.5 Å². The second-order valence-electron chi connectivity index (χ2n) is 5.41. The van der Waals surface area contributed by atoms with Gasteiger partial charge >= 0.3 is 0 Å². The molecule has 0 spiro atoms. The molecule has 1 atom stereocenters. The lowest BCUT2D eigenvalue weighted by atomic mass is 10.2. The highest BCUT2D eigenvalue weighted by molar-refractivity contribution is 7.80. The third-order valence-electron chi connectivity index (χ3n) is 3.46. The van der Waals surface area contributed by atoms with E-state index < -0.39 is 6.04 Å². The molecule has 1 amide bonds. The van der Waals surface area contributed by atoms with Gasteiger partial charge in [0.2, 0.25) is 5.91 Å². The van der Waals surface area contributed by atoms with E-state index >= 15 is 0 Å². The van der Waals surface area contributed by atoms with Gasteiger partial charge in [-0.3, -0.25) is 15.5 Å². The minimum absolute atomic E-state index is 0.115. The predicted octanol–water partition coefficient (Wildman–Crippen LogP) is 1.91.